The smallest absolute Gasteiger partial charge is 0.303 e. The maximum atomic E-state index is 12.7. The van der Waals surface area contributed by atoms with Crippen LogP contribution in [0.4, 0.5) is 11.4 Å². The summed E-state index contributed by atoms with van der Waals surface area (Å²) in [5.41, 5.74) is 1.64. The van der Waals surface area contributed by atoms with Crippen molar-refractivity contribution in [3.8, 4) is 0 Å². The minimum absolute atomic E-state index is 0.0137. The molecule has 2 aliphatic rings. The van der Waals surface area contributed by atoms with Gasteiger partial charge < -0.3 is 19.5 Å². The number of nitrogens with zero attached hydrogens (tertiary/aromatic N) is 2. The van der Waals surface area contributed by atoms with E-state index in [1.54, 1.807) is 30.4 Å². The zero-order chi connectivity index (χ0) is 48.8. The second-order valence-corrected chi connectivity index (χ2v) is 22.4. The van der Waals surface area contributed by atoms with Gasteiger partial charge in [0, 0.05) is 79.1 Å². The van der Waals surface area contributed by atoms with E-state index in [2.05, 4.69) is 0 Å². The van der Waals surface area contributed by atoms with Crippen LogP contribution in [0.25, 0.3) is 21.5 Å². The summed E-state index contributed by atoms with van der Waals surface area (Å²) in [7, 11) is -16.8. The van der Waals surface area contributed by atoms with Crippen LogP contribution >= 0.6 is 0 Å². The van der Waals surface area contributed by atoms with E-state index in [1.165, 1.54) is 38.5 Å². The van der Waals surface area contributed by atoms with Crippen molar-refractivity contribution in [1.29, 1.82) is 0 Å². The van der Waals surface area contributed by atoms with Crippen molar-refractivity contribution < 1.29 is 75.8 Å². The molecule has 6 rings (SSSR count). The number of aliphatic carboxylic acids is 1. The molecule has 0 amide bonds. The van der Waals surface area contributed by atoms with E-state index in [4.69, 9.17) is 9.47 Å². The van der Waals surface area contributed by atoms with Crippen LogP contribution in [0.2, 0.25) is 0 Å². The molecule has 0 radical (unpaired) electrons. The van der Waals surface area contributed by atoms with Gasteiger partial charge in [0.05, 0.1) is 15.2 Å². The fourth-order valence-electron chi connectivity index (χ4n) is 9.17. The molecule has 22 heteroatoms. The number of carbonyl (C=O) groups is 1. The van der Waals surface area contributed by atoms with Crippen LogP contribution in [0.15, 0.2) is 104 Å². The van der Waals surface area contributed by atoms with Crippen molar-refractivity contribution in [3.05, 3.63) is 95.7 Å². The quantitative estimate of drug-likeness (QED) is 0.0292. The lowest BCUT2D eigenvalue weighted by atomic mass is 9.76. The van der Waals surface area contributed by atoms with Crippen LogP contribution in [0.3, 0.4) is 0 Å². The molecule has 4 aromatic rings. The largest absolute Gasteiger partial charge is 0.481 e. The number of methoxy groups -OCH3 is 2. The van der Waals surface area contributed by atoms with Gasteiger partial charge >= 0.3 is 5.97 Å². The van der Waals surface area contributed by atoms with Crippen molar-refractivity contribution in [2.24, 2.45) is 0 Å². The van der Waals surface area contributed by atoms with Crippen molar-refractivity contribution >= 4 is 85.1 Å². The summed E-state index contributed by atoms with van der Waals surface area (Å²) in [4.78, 5) is 10.4. The second-order valence-electron chi connectivity index (χ2n) is 16.7. The zero-order valence-corrected chi connectivity index (χ0v) is 39.9. The lowest BCUT2D eigenvalue weighted by molar-refractivity contribution is -0.441. The minimum atomic E-state index is -5.00. The Hall–Kier alpha value is -4.88. The fraction of sp³-hybridized carbons (Fsp3) is 0.364. The third kappa shape index (κ3) is 9.89. The summed E-state index contributed by atoms with van der Waals surface area (Å²) < 4.78 is 153. The normalized spacial score (nSPS) is 18.4. The maximum Gasteiger partial charge on any atom is 0.303 e. The number of carboxylic acids is 1. The highest BCUT2D eigenvalue weighted by molar-refractivity contribution is 7.87. The lowest BCUT2D eigenvalue weighted by Gasteiger charge is -2.30. The highest BCUT2D eigenvalue weighted by Crippen LogP contribution is 2.54. The fourth-order valence-corrected chi connectivity index (χ4v) is 11.8. The van der Waals surface area contributed by atoms with Gasteiger partial charge in [-0.3, -0.25) is 23.0 Å². The van der Waals surface area contributed by atoms with Crippen LogP contribution in [-0.2, 0) is 65.6 Å². The summed E-state index contributed by atoms with van der Waals surface area (Å²) in [6.45, 7) is 6.72. The van der Waals surface area contributed by atoms with Crippen LogP contribution in [0, 0.1) is 0 Å². The number of benzene rings is 4. The molecular weight excluding hydrogens is 941 g/mol. The van der Waals surface area contributed by atoms with E-state index in [0.717, 1.165) is 0 Å². The number of unbranched alkanes of at least 4 members (excludes halogenated alkanes) is 2. The predicted molar refractivity (Wildman–Crippen MR) is 246 cm³/mol. The molecule has 2 aliphatic heterocycles. The molecule has 0 fully saturated rings. The molecule has 356 valence electrons. The van der Waals surface area contributed by atoms with Gasteiger partial charge in [-0.1, -0.05) is 30.7 Å². The number of rotatable bonds is 19. The monoisotopic (exact) mass is 991 g/mol. The van der Waals surface area contributed by atoms with E-state index < -0.39 is 76.9 Å². The molecule has 0 bridgehead atoms. The molecular formula is C44H51N2O16S4+. The Balaban J connectivity index is 1.50. The molecule has 0 aliphatic carbocycles. The first-order chi connectivity index (χ1) is 30.7. The average molecular weight is 992 g/mol. The number of hydrogen-bond donors (Lipinski definition) is 5. The molecule has 5 N–H and O–H groups in total. The van der Waals surface area contributed by atoms with Gasteiger partial charge in [0.15, 0.2) is 12.3 Å². The first-order valence-corrected chi connectivity index (χ1v) is 26.2. The number of allylic oxidation sites excluding steroid dienone is 6. The second kappa shape index (κ2) is 18.7. The zero-order valence-electron chi connectivity index (χ0n) is 36.6. The van der Waals surface area contributed by atoms with Gasteiger partial charge in [0.2, 0.25) is 5.69 Å². The van der Waals surface area contributed by atoms with Gasteiger partial charge in [-0.15, -0.1) is 0 Å². The van der Waals surface area contributed by atoms with Gasteiger partial charge in [0.25, 0.3) is 40.5 Å². The topological polar surface area (TPSA) is 279 Å². The van der Waals surface area contributed by atoms with E-state index in [1.807, 2.05) is 42.4 Å². The van der Waals surface area contributed by atoms with Crippen LogP contribution in [-0.4, -0.2) is 114 Å². The Morgan fingerprint density at radius 2 is 1.24 bits per heavy atom. The van der Waals surface area contributed by atoms with Crippen molar-refractivity contribution in [3.63, 3.8) is 0 Å². The van der Waals surface area contributed by atoms with Gasteiger partial charge in [-0.25, -0.2) is 0 Å². The number of fused-ring (bicyclic) bond motifs is 6. The van der Waals surface area contributed by atoms with E-state index in [0.29, 0.717) is 84.8 Å². The van der Waals surface area contributed by atoms with Crippen molar-refractivity contribution in [2.45, 2.75) is 83.3 Å². The van der Waals surface area contributed by atoms with Crippen LogP contribution < -0.4 is 4.90 Å². The third-order valence-corrected chi connectivity index (χ3v) is 15.6. The van der Waals surface area contributed by atoms with E-state index in [-0.39, 0.29) is 41.2 Å². The maximum absolute atomic E-state index is 12.7. The molecule has 66 heavy (non-hydrogen) atoms. The average Bonchev–Trinajstić information content (AvgIpc) is 3.58. The first kappa shape index (κ1) is 50.5. The Labute approximate surface area is 383 Å². The minimum Gasteiger partial charge on any atom is -0.481 e. The Morgan fingerprint density at radius 3 is 1.77 bits per heavy atom. The standard InChI is InChI=1S/C44H50N2O16S4/c1-43(2)38(46(21-23-62-5)34-17-15-30-32(41(34)43)24-28(63(49,50)51)26-36(30)65(55,56)57)12-8-6-9-13-39-44(3,19-22-61-4)42-33-25-29(64(52,53)54)27-37(66(58,59)60)31(33)16-18-35(42)45(39)20-11-7-10-14-40(47)48/h6,8-9,12-13,15-18,24-27H,7,10-11,14,19-23H2,1-5H3,(H4-,47,48,49,50,51,52,53,54,55,56,57,58,59,60)/p+1. The Bertz CT molecular complexity index is 3230. The van der Waals surface area contributed by atoms with E-state index in [9.17, 15) is 61.8 Å². The molecule has 0 saturated heterocycles. The number of hydrogen-bond acceptors (Lipinski definition) is 12. The molecule has 0 spiro atoms. The molecule has 0 aromatic heterocycles. The lowest BCUT2D eigenvalue weighted by Crippen LogP contribution is -2.30. The Kier molecular flexibility index (Phi) is 14.3. The SMILES string of the molecule is COCC[N+]1=C(/C=C/C=C/C=C2/N(CCCCCC(=O)O)c3ccc4c(S(=O)(=O)O)cc(S(=O)(=O)O)cc4c3C2(C)CCOC)C(C)(C)c2c1ccc1c(S(=O)(=O)O)cc(S(=O)(=O)O)cc21. The number of carboxylic acid groups (broad SMARTS) is 1. The molecule has 4 aromatic carbocycles. The summed E-state index contributed by atoms with van der Waals surface area (Å²) in [6.07, 6.45) is 10.7. The molecule has 0 saturated carbocycles. The Morgan fingerprint density at radius 1 is 0.682 bits per heavy atom. The van der Waals surface area contributed by atoms with Gasteiger partial charge in [0.1, 0.15) is 16.4 Å². The predicted octanol–water partition coefficient (Wildman–Crippen LogP) is 6.46. The first-order valence-electron chi connectivity index (χ1n) is 20.5. The van der Waals surface area contributed by atoms with Crippen molar-refractivity contribution in [1.82, 2.24) is 0 Å². The van der Waals surface area contributed by atoms with Crippen LogP contribution in [0.5, 0.6) is 0 Å². The summed E-state index contributed by atoms with van der Waals surface area (Å²) in [5.74, 6) is -0.932. The molecule has 2 heterocycles. The summed E-state index contributed by atoms with van der Waals surface area (Å²) >= 11 is 0. The van der Waals surface area contributed by atoms with Crippen LogP contribution in [0.1, 0.15) is 64.0 Å². The summed E-state index contributed by atoms with van der Waals surface area (Å²) in [6, 6.07) is 9.96. The third-order valence-electron chi connectivity index (χ3n) is 12.1. The van der Waals surface area contributed by atoms with Crippen molar-refractivity contribution in [2.75, 3.05) is 45.4 Å². The molecule has 1 atom stereocenters. The summed E-state index contributed by atoms with van der Waals surface area (Å²) in [5, 5.41) is 9.60. The highest BCUT2D eigenvalue weighted by Gasteiger charge is 2.47. The van der Waals surface area contributed by atoms with E-state index >= 15 is 0 Å². The van der Waals surface area contributed by atoms with Gasteiger partial charge in [-0.05, 0) is 98.8 Å². The molecule has 18 nitrogen and oxygen atoms in total. The highest BCUT2D eigenvalue weighted by atomic mass is 32.2. The number of ether oxygens (including phenoxy) is 2. The molecule has 1 unspecified atom stereocenters. The van der Waals surface area contributed by atoms with Gasteiger partial charge in [-0.2, -0.15) is 38.2 Å². The number of anilines is 1.